The van der Waals surface area contributed by atoms with Crippen molar-refractivity contribution < 1.29 is 14.7 Å². The first kappa shape index (κ1) is 18.0. The second-order valence-electron chi connectivity index (χ2n) is 7.73. The van der Waals surface area contributed by atoms with Crippen molar-refractivity contribution in [2.75, 3.05) is 19.6 Å². The summed E-state index contributed by atoms with van der Waals surface area (Å²) in [5.41, 5.74) is -0.414. The molecule has 2 atom stereocenters. The molecule has 1 amide bonds. The minimum Gasteiger partial charge on any atom is -0.481 e. The Bertz CT molecular complexity index is 374. The van der Waals surface area contributed by atoms with Crippen molar-refractivity contribution in [2.24, 2.45) is 17.3 Å². The molecular formula is C16H30N2O3. The zero-order chi connectivity index (χ0) is 16.2. The summed E-state index contributed by atoms with van der Waals surface area (Å²) in [6.45, 7) is 12.6. The van der Waals surface area contributed by atoms with Crippen LogP contribution in [0.3, 0.4) is 0 Å². The van der Waals surface area contributed by atoms with Crippen LogP contribution in [0.4, 0.5) is 0 Å². The SMILES string of the molecule is CC(C)CN1CC(CC(=O)O)CC(NC(=O)C(C)(C)C)C1. The monoisotopic (exact) mass is 298 g/mol. The Balaban J connectivity index is 2.68. The molecule has 2 unspecified atom stereocenters. The molecule has 0 aromatic carbocycles. The van der Waals surface area contributed by atoms with E-state index in [0.717, 1.165) is 26.1 Å². The minimum atomic E-state index is -0.757. The first-order valence-electron chi connectivity index (χ1n) is 7.83. The smallest absolute Gasteiger partial charge is 0.303 e. The standard InChI is InChI=1S/C16H30N2O3/c1-11(2)8-18-9-12(7-14(19)20)6-13(10-18)17-15(21)16(3,4)5/h11-13H,6-10H2,1-5H3,(H,17,21)(H,19,20). The van der Waals surface area contributed by atoms with Gasteiger partial charge in [0.25, 0.3) is 0 Å². The quantitative estimate of drug-likeness (QED) is 0.814. The number of hydrogen-bond acceptors (Lipinski definition) is 3. The maximum atomic E-state index is 12.1. The van der Waals surface area contributed by atoms with E-state index in [1.807, 2.05) is 20.8 Å². The Kier molecular flexibility index (Phi) is 6.20. The fraction of sp³-hybridized carbons (Fsp3) is 0.875. The molecule has 1 fully saturated rings. The first-order valence-corrected chi connectivity index (χ1v) is 7.83. The number of carboxylic acid groups (broad SMARTS) is 1. The fourth-order valence-corrected chi connectivity index (χ4v) is 2.87. The van der Waals surface area contributed by atoms with Crippen LogP contribution in [-0.4, -0.2) is 47.6 Å². The summed E-state index contributed by atoms with van der Waals surface area (Å²) in [7, 11) is 0. The third-order valence-corrected chi connectivity index (χ3v) is 3.72. The molecule has 2 N–H and O–H groups in total. The van der Waals surface area contributed by atoms with Gasteiger partial charge < -0.3 is 15.3 Å². The normalized spacial score (nSPS) is 24.1. The predicted octanol–water partition coefficient (Wildman–Crippen LogP) is 1.97. The summed E-state index contributed by atoms with van der Waals surface area (Å²) in [4.78, 5) is 25.4. The van der Waals surface area contributed by atoms with E-state index in [0.29, 0.717) is 5.92 Å². The van der Waals surface area contributed by atoms with Crippen LogP contribution in [0.25, 0.3) is 0 Å². The van der Waals surface area contributed by atoms with Gasteiger partial charge in [-0.1, -0.05) is 34.6 Å². The lowest BCUT2D eigenvalue weighted by molar-refractivity contribution is -0.138. The van der Waals surface area contributed by atoms with Gasteiger partial charge in [0.15, 0.2) is 0 Å². The zero-order valence-electron chi connectivity index (χ0n) is 14.0. The number of nitrogens with zero attached hydrogens (tertiary/aromatic N) is 1. The van der Waals surface area contributed by atoms with Gasteiger partial charge in [0.1, 0.15) is 0 Å². The summed E-state index contributed by atoms with van der Waals surface area (Å²) in [6, 6.07) is 0.0496. The number of carboxylic acids is 1. The number of amides is 1. The van der Waals surface area contributed by atoms with E-state index in [-0.39, 0.29) is 24.3 Å². The largest absolute Gasteiger partial charge is 0.481 e. The highest BCUT2D eigenvalue weighted by Gasteiger charge is 2.32. The van der Waals surface area contributed by atoms with Crippen molar-refractivity contribution in [2.45, 2.75) is 53.5 Å². The predicted molar refractivity (Wildman–Crippen MR) is 83.0 cm³/mol. The Hall–Kier alpha value is -1.10. The number of carbonyl (C=O) groups excluding carboxylic acids is 1. The highest BCUT2D eigenvalue weighted by Crippen LogP contribution is 2.22. The molecular weight excluding hydrogens is 268 g/mol. The molecule has 0 radical (unpaired) electrons. The molecule has 1 heterocycles. The molecule has 122 valence electrons. The molecule has 0 saturated carbocycles. The average Bonchev–Trinajstić information content (AvgIpc) is 2.24. The highest BCUT2D eigenvalue weighted by molar-refractivity contribution is 5.81. The van der Waals surface area contributed by atoms with Gasteiger partial charge >= 0.3 is 5.97 Å². The van der Waals surface area contributed by atoms with Gasteiger partial charge in [0, 0.05) is 37.5 Å². The third kappa shape index (κ3) is 6.46. The van der Waals surface area contributed by atoms with E-state index < -0.39 is 11.4 Å². The minimum absolute atomic E-state index is 0.0352. The van der Waals surface area contributed by atoms with Gasteiger partial charge in [-0.2, -0.15) is 0 Å². The fourth-order valence-electron chi connectivity index (χ4n) is 2.87. The van der Waals surface area contributed by atoms with Gasteiger partial charge in [-0.05, 0) is 18.3 Å². The first-order chi connectivity index (χ1) is 9.57. The van der Waals surface area contributed by atoms with Crippen LogP contribution in [0, 0.1) is 17.3 Å². The maximum Gasteiger partial charge on any atom is 0.303 e. The van der Waals surface area contributed by atoms with Gasteiger partial charge in [0.2, 0.25) is 5.91 Å². The number of rotatable bonds is 5. The molecule has 1 aliphatic rings. The Labute approximate surface area is 128 Å². The van der Waals surface area contributed by atoms with E-state index in [4.69, 9.17) is 5.11 Å². The van der Waals surface area contributed by atoms with Crippen molar-refractivity contribution in [3.8, 4) is 0 Å². The number of nitrogens with one attached hydrogen (secondary N) is 1. The average molecular weight is 298 g/mol. The Morgan fingerprint density at radius 2 is 1.90 bits per heavy atom. The second-order valence-corrected chi connectivity index (χ2v) is 7.73. The molecule has 1 aliphatic heterocycles. The lowest BCUT2D eigenvalue weighted by Crippen LogP contribution is -2.53. The lowest BCUT2D eigenvalue weighted by atomic mass is 9.89. The van der Waals surface area contributed by atoms with Crippen LogP contribution < -0.4 is 5.32 Å². The summed E-state index contributed by atoms with van der Waals surface area (Å²) in [5, 5.41) is 12.1. The van der Waals surface area contributed by atoms with E-state index in [9.17, 15) is 9.59 Å². The van der Waals surface area contributed by atoms with E-state index in [2.05, 4.69) is 24.1 Å². The zero-order valence-corrected chi connectivity index (χ0v) is 14.0. The molecule has 0 spiro atoms. The summed E-state index contributed by atoms with van der Waals surface area (Å²) >= 11 is 0. The Morgan fingerprint density at radius 3 is 2.38 bits per heavy atom. The molecule has 21 heavy (non-hydrogen) atoms. The molecule has 5 heteroatoms. The Morgan fingerprint density at radius 1 is 1.29 bits per heavy atom. The topological polar surface area (TPSA) is 69.6 Å². The van der Waals surface area contributed by atoms with Crippen LogP contribution in [0.1, 0.15) is 47.5 Å². The van der Waals surface area contributed by atoms with Crippen LogP contribution >= 0.6 is 0 Å². The molecule has 0 aromatic rings. The number of piperidine rings is 1. The molecule has 1 rings (SSSR count). The van der Waals surface area contributed by atoms with Crippen LogP contribution in [-0.2, 0) is 9.59 Å². The van der Waals surface area contributed by atoms with Crippen LogP contribution in [0.5, 0.6) is 0 Å². The van der Waals surface area contributed by atoms with E-state index in [1.54, 1.807) is 0 Å². The summed E-state index contributed by atoms with van der Waals surface area (Å²) in [6.07, 6.45) is 0.930. The van der Waals surface area contributed by atoms with Crippen LogP contribution in [0.2, 0.25) is 0 Å². The van der Waals surface area contributed by atoms with Crippen molar-refractivity contribution in [3.63, 3.8) is 0 Å². The summed E-state index contributed by atoms with van der Waals surface area (Å²) in [5.74, 6) is -0.0759. The van der Waals surface area contributed by atoms with E-state index >= 15 is 0 Å². The molecule has 0 aromatic heterocycles. The molecule has 0 aliphatic carbocycles. The van der Waals surface area contributed by atoms with Crippen LogP contribution in [0.15, 0.2) is 0 Å². The van der Waals surface area contributed by atoms with Crippen molar-refractivity contribution in [1.29, 1.82) is 0 Å². The number of aliphatic carboxylic acids is 1. The van der Waals surface area contributed by atoms with Gasteiger partial charge in [-0.15, -0.1) is 0 Å². The van der Waals surface area contributed by atoms with Crippen molar-refractivity contribution in [1.82, 2.24) is 10.2 Å². The molecule has 1 saturated heterocycles. The van der Waals surface area contributed by atoms with E-state index in [1.165, 1.54) is 0 Å². The summed E-state index contributed by atoms with van der Waals surface area (Å²) < 4.78 is 0. The molecule has 0 bridgehead atoms. The highest BCUT2D eigenvalue weighted by atomic mass is 16.4. The number of hydrogen-bond donors (Lipinski definition) is 2. The maximum absolute atomic E-state index is 12.1. The van der Waals surface area contributed by atoms with Gasteiger partial charge in [-0.25, -0.2) is 0 Å². The number of likely N-dealkylation sites (tertiary alicyclic amines) is 1. The van der Waals surface area contributed by atoms with Gasteiger partial charge in [-0.3, -0.25) is 9.59 Å². The van der Waals surface area contributed by atoms with Crippen molar-refractivity contribution in [3.05, 3.63) is 0 Å². The third-order valence-electron chi connectivity index (χ3n) is 3.72. The number of carbonyl (C=O) groups is 2. The van der Waals surface area contributed by atoms with Crippen molar-refractivity contribution >= 4 is 11.9 Å². The molecule has 5 nitrogen and oxygen atoms in total. The second kappa shape index (κ2) is 7.25. The van der Waals surface area contributed by atoms with Gasteiger partial charge in [0.05, 0.1) is 0 Å². The lowest BCUT2D eigenvalue weighted by Gasteiger charge is -2.39.